The Balaban J connectivity index is 1.45. The number of nitrogens with zero attached hydrogens (tertiary/aromatic N) is 1. The predicted octanol–water partition coefficient (Wildman–Crippen LogP) is 5.23. The number of rotatable bonds is 8. The van der Waals surface area contributed by atoms with Crippen molar-refractivity contribution in [2.24, 2.45) is 0 Å². The van der Waals surface area contributed by atoms with Gasteiger partial charge in [0, 0.05) is 21.4 Å². The fourth-order valence-corrected chi connectivity index (χ4v) is 3.87. The maximum Gasteiger partial charge on any atom is 0.0992 e. The van der Waals surface area contributed by atoms with Crippen molar-refractivity contribution in [2.75, 3.05) is 13.1 Å². The summed E-state index contributed by atoms with van der Waals surface area (Å²) in [5, 5.41) is 23.1. The summed E-state index contributed by atoms with van der Waals surface area (Å²) in [4.78, 5) is 2.20. The molecule has 0 bridgehead atoms. The van der Waals surface area contributed by atoms with Gasteiger partial charge in [-0.25, -0.2) is 0 Å². The molecule has 5 heteroatoms. The summed E-state index contributed by atoms with van der Waals surface area (Å²) in [6.07, 6.45) is 0.318. The summed E-state index contributed by atoms with van der Waals surface area (Å²) in [6, 6.07) is 25.5. The lowest BCUT2D eigenvalue weighted by molar-refractivity contribution is 0.175. The van der Waals surface area contributed by atoms with Gasteiger partial charge in [-0.15, -0.1) is 0 Å². The number of aliphatic hydroxyl groups excluding tert-OH is 1. The number of nitriles is 1. The minimum Gasteiger partial charge on any atom is -0.387 e. The fraction of sp³-hybridized carbons (Fsp3) is 0.174. The number of nitrogens with one attached hydrogen (secondary N) is 1. The third-order valence-electron chi connectivity index (χ3n) is 4.28. The largest absolute Gasteiger partial charge is 0.387 e. The van der Waals surface area contributed by atoms with Gasteiger partial charge in [-0.2, -0.15) is 5.26 Å². The van der Waals surface area contributed by atoms with E-state index in [4.69, 9.17) is 16.9 Å². The number of aliphatic hydroxyl groups is 1. The topological polar surface area (TPSA) is 56.0 Å². The van der Waals surface area contributed by atoms with E-state index in [0.29, 0.717) is 17.1 Å². The van der Waals surface area contributed by atoms with Crippen LogP contribution in [0.2, 0.25) is 5.02 Å². The van der Waals surface area contributed by atoms with Gasteiger partial charge in [0.1, 0.15) is 0 Å². The molecule has 0 aliphatic carbocycles. The van der Waals surface area contributed by atoms with E-state index in [0.717, 1.165) is 28.3 Å². The molecule has 0 fully saturated rings. The molecule has 0 saturated heterocycles. The molecule has 0 spiro atoms. The molecule has 142 valence electrons. The Hall–Kier alpha value is -2.29. The molecule has 3 aromatic carbocycles. The molecule has 0 unspecified atom stereocenters. The Morgan fingerprint density at radius 2 is 1.79 bits per heavy atom. The second-order valence-corrected chi connectivity index (χ2v) is 7.99. The Bertz CT molecular complexity index is 953. The zero-order valence-corrected chi connectivity index (χ0v) is 16.9. The smallest absolute Gasteiger partial charge is 0.0992 e. The maximum atomic E-state index is 10.2. The Labute approximate surface area is 175 Å². The number of hydrogen-bond acceptors (Lipinski definition) is 4. The van der Waals surface area contributed by atoms with Crippen molar-refractivity contribution < 1.29 is 5.11 Å². The van der Waals surface area contributed by atoms with Crippen molar-refractivity contribution in [2.45, 2.75) is 22.3 Å². The van der Waals surface area contributed by atoms with Gasteiger partial charge >= 0.3 is 0 Å². The first kappa shape index (κ1) is 20.4. The molecule has 0 aliphatic heterocycles. The summed E-state index contributed by atoms with van der Waals surface area (Å²) < 4.78 is 0. The van der Waals surface area contributed by atoms with Crippen LogP contribution in [0.1, 0.15) is 22.8 Å². The zero-order chi connectivity index (χ0) is 19.8. The lowest BCUT2D eigenvalue weighted by atomic mass is 10.1. The third kappa shape index (κ3) is 6.12. The average molecular weight is 409 g/mol. The van der Waals surface area contributed by atoms with Crippen molar-refractivity contribution in [1.29, 1.82) is 5.26 Å². The monoisotopic (exact) mass is 408 g/mol. The van der Waals surface area contributed by atoms with Crippen LogP contribution in [-0.4, -0.2) is 18.2 Å². The first-order valence-electron chi connectivity index (χ1n) is 9.05. The van der Waals surface area contributed by atoms with E-state index in [1.165, 1.54) is 5.56 Å². The lowest BCUT2D eigenvalue weighted by Crippen LogP contribution is -2.23. The van der Waals surface area contributed by atoms with Crippen molar-refractivity contribution >= 4 is 23.4 Å². The Morgan fingerprint density at radius 3 is 2.54 bits per heavy atom. The van der Waals surface area contributed by atoms with E-state index in [1.807, 2.05) is 36.4 Å². The van der Waals surface area contributed by atoms with E-state index in [9.17, 15) is 5.11 Å². The van der Waals surface area contributed by atoms with Gasteiger partial charge in [0.2, 0.25) is 0 Å². The molecular weight excluding hydrogens is 388 g/mol. The molecule has 0 aliphatic rings. The van der Waals surface area contributed by atoms with E-state index < -0.39 is 6.10 Å². The van der Waals surface area contributed by atoms with Gasteiger partial charge in [-0.1, -0.05) is 53.7 Å². The molecule has 3 aromatic rings. The molecule has 0 amide bonds. The molecule has 0 saturated carbocycles. The zero-order valence-electron chi connectivity index (χ0n) is 15.3. The van der Waals surface area contributed by atoms with Gasteiger partial charge in [-0.3, -0.25) is 0 Å². The SMILES string of the molecule is N#Cc1cccc(Sc2ccc(CCNC[C@H](O)c3cccc(Cl)c3)cc2)c1. The highest BCUT2D eigenvalue weighted by Gasteiger charge is 2.07. The summed E-state index contributed by atoms with van der Waals surface area (Å²) in [5.41, 5.74) is 2.73. The second kappa shape index (κ2) is 10.3. The standard InChI is InChI=1S/C23H21ClN2OS/c24-20-5-2-4-19(14-20)23(27)16-26-12-11-17-7-9-21(10-8-17)28-22-6-1-3-18(13-22)15-25/h1-10,13-14,23,26-27H,11-12,16H2/t23-/m0/s1. The van der Waals surface area contributed by atoms with Crippen LogP contribution in [0.4, 0.5) is 0 Å². The van der Waals surface area contributed by atoms with Crippen molar-refractivity contribution in [1.82, 2.24) is 5.32 Å². The Kier molecular flexibility index (Phi) is 7.53. The van der Waals surface area contributed by atoms with Gasteiger partial charge in [0.25, 0.3) is 0 Å². The highest BCUT2D eigenvalue weighted by atomic mass is 35.5. The van der Waals surface area contributed by atoms with Gasteiger partial charge in [0.15, 0.2) is 0 Å². The van der Waals surface area contributed by atoms with E-state index in [1.54, 1.807) is 23.9 Å². The minimum atomic E-state index is -0.568. The lowest BCUT2D eigenvalue weighted by Gasteiger charge is -2.12. The molecule has 0 radical (unpaired) electrons. The van der Waals surface area contributed by atoms with Crippen LogP contribution < -0.4 is 5.32 Å². The summed E-state index contributed by atoms with van der Waals surface area (Å²) >= 11 is 7.61. The van der Waals surface area contributed by atoms with Crippen LogP contribution in [0.15, 0.2) is 82.6 Å². The second-order valence-electron chi connectivity index (χ2n) is 6.41. The number of hydrogen-bond donors (Lipinski definition) is 2. The molecule has 0 heterocycles. The van der Waals surface area contributed by atoms with Crippen LogP contribution >= 0.6 is 23.4 Å². The van der Waals surface area contributed by atoms with Gasteiger partial charge < -0.3 is 10.4 Å². The molecule has 28 heavy (non-hydrogen) atoms. The summed E-state index contributed by atoms with van der Waals surface area (Å²) in [7, 11) is 0. The van der Waals surface area contributed by atoms with Crippen LogP contribution in [0, 0.1) is 11.3 Å². The highest BCUT2D eigenvalue weighted by Crippen LogP contribution is 2.28. The molecule has 2 N–H and O–H groups in total. The van der Waals surface area contributed by atoms with Crippen molar-refractivity contribution in [3.8, 4) is 6.07 Å². The first-order chi connectivity index (χ1) is 13.6. The minimum absolute atomic E-state index is 0.490. The van der Waals surface area contributed by atoms with E-state index in [-0.39, 0.29) is 0 Å². The van der Waals surface area contributed by atoms with E-state index >= 15 is 0 Å². The molecular formula is C23H21ClN2OS. The Morgan fingerprint density at radius 1 is 1.00 bits per heavy atom. The molecule has 0 aromatic heterocycles. The van der Waals surface area contributed by atoms with Crippen LogP contribution in [0.3, 0.4) is 0 Å². The van der Waals surface area contributed by atoms with E-state index in [2.05, 4.69) is 35.7 Å². The summed E-state index contributed by atoms with van der Waals surface area (Å²) in [6.45, 7) is 1.28. The fourth-order valence-electron chi connectivity index (χ4n) is 2.79. The molecule has 3 nitrogen and oxygen atoms in total. The van der Waals surface area contributed by atoms with Gasteiger partial charge in [0.05, 0.1) is 17.7 Å². The maximum absolute atomic E-state index is 10.2. The first-order valence-corrected chi connectivity index (χ1v) is 10.2. The number of benzene rings is 3. The van der Waals surface area contributed by atoms with Crippen LogP contribution in [0.25, 0.3) is 0 Å². The molecule has 1 atom stereocenters. The normalized spacial score (nSPS) is 11.8. The average Bonchev–Trinajstić information content (AvgIpc) is 2.72. The highest BCUT2D eigenvalue weighted by molar-refractivity contribution is 7.99. The third-order valence-corrected chi connectivity index (χ3v) is 5.52. The van der Waals surface area contributed by atoms with Crippen molar-refractivity contribution in [3.05, 3.63) is 94.5 Å². The van der Waals surface area contributed by atoms with Gasteiger partial charge in [-0.05, 0) is 66.6 Å². The van der Waals surface area contributed by atoms with Crippen LogP contribution in [0.5, 0.6) is 0 Å². The molecule has 3 rings (SSSR count). The summed E-state index contributed by atoms with van der Waals surface area (Å²) in [5.74, 6) is 0. The quantitative estimate of drug-likeness (QED) is 0.501. The van der Waals surface area contributed by atoms with Crippen LogP contribution in [-0.2, 0) is 6.42 Å². The number of halogens is 1. The predicted molar refractivity (Wildman–Crippen MR) is 115 cm³/mol. The van der Waals surface area contributed by atoms with Crippen molar-refractivity contribution in [3.63, 3.8) is 0 Å².